The fourth-order valence-electron chi connectivity index (χ4n) is 3.20. The van der Waals surface area contributed by atoms with Crippen molar-refractivity contribution in [3.05, 3.63) is 22.8 Å². The van der Waals surface area contributed by atoms with E-state index >= 15 is 0 Å². The third-order valence-electron chi connectivity index (χ3n) is 4.45. The second-order valence-corrected chi connectivity index (χ2v) is 6.80. The molecule has 0 spiro atoms. The van der Waals surface area contributed by atoms with Crippen LogP contribution in [0.2, 0.25) is 5.02 Å². The molecule has 3 N–H and O–H groups in total. The van der Waals surface area contributed by atoms with E-state index in [2.05, 4.69) is 36.0 Å². The van der Waals surface area contributed by atoms with Gasteiger partial charge in [0.1, 0.15) is 5.82 Å². The average Bonchev–Trinajstić information content (AvgIpc) is 2.97. The van der Waals surface area contributed by atoms with Gasteiger partial charge in [-0.3, -0.25) is 4.90 Å². The molecule has 5 heteroatoms. The number of nitrogens with one attached hydrogen (secondary N) is 1. The van der Waals surface area contributed by atoms with Crippen LogP contribution in [0.15, 0.2) is 12.3 Å². The molecule has 0 saturated carbocycles. The van der Waals surface area contributed by atoms with E-state index in [0.717, 1.165) is 31.6 Å². The summed E-state index contributed by atoms with van der Waals surface area (Å²) in [6.45, 7) is 9.98. The molecule has 1 fully saturated rings. The number of anilines is 1. The standard InChI is InChI=1S/C16H27ClN4/c1-4-7-19-14(13-10-12(17)11-20-15(13)18)16(2,3)21-8-5-6-9-21/h10-11,14,19H,4-9H2,1-3H3,(H2,18,20). The number of nitrogens with zero attached hydrogens (tertiary/aromatic N) is 2. The van der Waals surface area contributed by atoms with Crippen LogP contribution in [0.3, 0.4) is 0 Å². The molecule has 1 saturated heterocycles. The summed E-state index contributed by atoms with van der Waals surface area (Å²) >= 11 is 6.15. The van der Waals surface area contributed by atoms with E-state index in [1.807, 2.05) is 6.07 Å². The Kier molecular flexibility index (Phi) is 5.47. The van der Waals surface area contributed by atoms with E-state index in [4.69, 9.17) is 17.3 Å². The second-order valence-electron chi connectivity index (χ2n) is 6.36. The normalized spacial score (nSPS) is 18.1. The number of nitrogens with two attached hydrogens (primary N) is 1. The molecule has 1 aliphatic heterocycles. The Labute approximate surface area is 133 Å². The van der Waals surface area contributed by atoms with Crippen LogP contribution in [0.25, 0.3) is 0 Å². The molecule has 118 valence electrons. The smallest absolute Gasteiger partial charge is 0.128 e. The van der Waals surface area contributed by atoms with Crippen LogP contribution in [0, 0.1) is 0 Å². The third kappa shape index (κ3) is 3.68. The molecule has 1 atom stereocenters. The van der Waals surface area contributed by atoms with Gasteiger partial charge in [0.2, 0.25) is 0 Å². The molecule has 4 nitrogen and oxygen atoms in total. The minimum Gasteiger partial charge on any atom is -0.383 e. The minimum absolute atomic E-state index is 0.0217. The number of pyridine rings is 1. The largest absolute Gasteiger partial charge is 0.383 e. The number of hydrogen-bond donors (Lipinski definition) is 2. The molecule has 1 aromatic rings. The van der Waals surface area contributed by atoms with Crippen LogP contribution in [0.1, 0.15) is 51.6 Å². The summed E-state index contributed by atoms with van der Waals surface area (Å²) in [6.07, 6.45) is 5.24. The summed E-state index contributed by atoms with van der Waals surface area (Å²) in [5.41, 5.74) is 7.11. The molecular weight excluding hydrogens is 284 g/mol. The molecule has 1 unspecified atom stereocenters. The first-order chi connectivity index (χ1) is 9.96. The second kappa shape index (κ2) is 6.95. The van der Waals surface area contributed by atoms with Crippen molar-refractivity contribution in [1.82, 2.24) is 15.2 Å². The van der Waals surface area contributed by atoms with Crippen LogP contribution in [0.4, 0.5) is 5.82 Å². The Bertz CT molecular complexity index is 469. The van der Waals surface area contributed by atoms with Crippen molar-refractivity contribution in [2.45, 2.75) is 51.6 Å². The van der Waals surface area contributed by atoms with Gasteiger partial charge >= 0.3 is 0 Å². The third-order valence-corrected chi connectivity index (χ3v) is 4.66. The number of halogens is 1. The van der Waals surface area contributed by atoms with E-state index in [1.54, 1.807) is 6.20 Å². The SMILES string of the molecule is CCCNC(c1cc(Cl)cnc1N)C(C)(C)N1CCCC1. The van der Waals surface area contributed by atoms with E-state index in [9.17, 15) is 0 Å². The number of aromatic nitrogens is 1. The summed E-state index contributed by atoms with van der Waals surface area (Å²) in [5.74, 6) is 0.570. The molecule has 0 aliphatic carbocycles. The maximum absolute atomic E-state index is 6.15. The van der Waals surface area contributed by atoms with Crippen molar-refractivity contribution in [3.63, 3.8) is 0 Å². The van der Waals surface area contributed by atoms with E-state index in [-0.39, 0.29) is 11.6 Å². The minimum atomic E-state index is -0.0217. The molecule has 0 aromatic carbocycles. The lowest BCUT2D eigenvalue weighted by molar-refractivity contribution is 0.107. The van der Waals surface area contributed by atoms with Crippen molar-refractivity contribution in [2.75, 3.05) is 25.4 Å². The van der Waals surface area contributed by atoms with Gasteiger partial charge in [-0.05, 0) is 58.8 Å². The van der Waals surface area contributed by atoms with E-state index < -0.39 is 0 Å². The van der Waals surface area contributed by atoms with Crippen molar-refractivity contribution in [3.8, 4) is 0 Å². The molecule has 1 aliphatic rings. The Hall–Kier alpha value is -0.840. The highest BCUT2D eigenvalue weighted by molar-refractivity contribution is 6.30. The Morgan fingerprint density at radius 3 is 2.71 bits per heavy atom. The van der Waals surface area contributed by atoms with Gasteiger partial charge in [0.15, 0.2) is 0 Å². The Morgan fingerprint density at radius 1 is 1.43 bits per heavy atom. The van der Waals surface area contributed by atoms with Gasteiger partial charge in [0.25, 0.3) is 0 Å². The van der Waals surface area contributed by atoms with Crippen LogP contribution in [-0.4, -0.2) is 35.1 Å². The molecule has 0 bridgehead atoms. The first kappa shape index (κ1) is 16.5. The Morgan fingerprint density at radius 2 is 2.10 bits per heavy atom. The highest BCUT2D eigenvalue weighted by Crippen LogP contribution is 2.36. The van der Waals surface area contributed by atoms with Crippen LogP contribution < -0.4 is 11.1 Å². The molecule has 21 heavy (non-hydrogen) atoms. The van der Waals surface area contributed by atoms with Gasteiger partial charge in [0, 0.05) is 17.3 Å². The van der Waals surface area contributed by atoms with Crippen molar-refractivity contribution in [2.24, 2.45) is 0 Å². The molecule has 0 radical (unpaired) electrons. The Balaban J connectivity index is 2.34. The zero-order valence-electron chi connectivity index (χ0n) is 13.3. The first-order valence-corrected chi connectivity index (χ1v) is 8.24. The molecule has 2 rings (SSSR count). The summed E-state index contributed by atoms with van der Waals surface area (Å²) < 4.78 is 0. The van der Waals surface area contributed by atoms with E-state index in [0.29, 0.717) is 10.8 Å². The van der Waals surface area contributed by atoms with Gasteiger partial charge < -0.3 is 11.1 Å². The zero-order chi connectivity index (χ0) is 15.5. The zero-order valence-corrected chi connectivity index (χ0v) is 14.1. The van der Waals surface area contributed by atoms with Gasteiger partial charge in [-0.15, -0.1) is 0 Å². The molecule has 0 amide bonds. The number of nitrogen functional groups attached to an aromatic ring is 1. The number of likely N-dealkylation sites (tertiary alicyclic amines) is 1. The number of rotatable bonds is 6. The quantitative estimate of drug-likeness (QED) is 0.847. The summed E-state index contributed by atoms with van der Waals surface area (Å²) in [5, 5.41) is 4.29. The predicted molar refractivity (Wildman–Crippen MR) is 89.6 cm³/mol. The summed E-state index contributed by atoms with van der Waals surface area (Å²) in [6, 6.07) is 2.08. The number of hydrogen-bond acceptors (Lipinski definition) is 4. The van der Waals surface area contributed by atoms with Gasteiger partial charge in [0.05, 0.1) is 11.1 Å². The van der Waals surface area contributed by atoms with Gasteiger partial charge in [-0.2, -0.15) is 0 Å². The lowest BCUT2D eigenvalue weighted by atomic mass is 9.87. The van der Waals surface area contributed by atoms with Crippen LogP contribution in [0.5, 0.6) is 0 Å². The maximum Gasteiger partial charge on any atom is 0.128 e. The van der Waals surface area contributed by atoms with Gasteiger partial charge in [-0.25, -0.2) is 4.98 Å². The molecular formula is C16H27ClN4. The van der Waals surface area contributed by atoms with Gasteiger partial charge in [-0.1, -0.05) is 18.5 Å². The van der Waals surface area contributed by atoms with Crippen molar-refractivity contribution in [1.29, 1.82) is 0 Å². The lowest BCUT2D eigenvalue weighted by Crippen LogP contribution is -2.52. The fraction of sp³-hybridized carbons (Fsp3) is 0.688. The maximum atomic E-state index is 6.15. The molecule has 1 aromatic heterocycles. The fourth-order valence-corrected chi connectivity index (χ4v) is 3.37. The van der Waals surface area contributed by atoms with Crippen molar-refractivity contribution < 1.29 is 0 Å². The topological polar surface area (TPSA) is 54.2 Å². The lowest BCUT2D eigenvalue weighted by Gasteiger charge is -2.43. The average molecular weight is 311 g/mol. The first-order valence-electron chi connectivity index (χ1n) is 7.86. The summed E-state index contributed by atoms with van der Waals surface area (Å²) in [7, 11) is 0. The highest BCUT2D eigenvalue weighted by Gasteiger charge is 2.38. The van der Waals surface area contributed by atoms with E-state index in [1.165, 1.54) is 12.8 Å². The predicted octanol–water partition coefficient (Wildman–Crippen LogP) is 3.23. The summed E-state index contributed by atoms with van der Waals surface area (Å²) in [4.78, 5) is 6.78. The highest BCUT2D eigenvalue weighted by atomic mass is 35.5. The van der Waals surface area contributed by atoms with Crippen LogP contribution >= 0.6 is 11.6 Å². The van der Waals surface area contributed by atoms with Crippen LogP contribution in [-0.2, 0) is 0 Å². The monoisotopic (exact) mass is 310 g/mol. The molecule has 2 heterocycles. The van der Waals surface area contributed by atoms with Crippen molar-refractivity contribution >= 4 is 17.4 Å².